The maximum absolute atomic E-state index is 13.3. The first-order valence-electron chi connectivity index (χ1n) is 9.85. The number of pyridine rings is 2. The number of aryl methyl sites for hydroxylation is 1. The van der Waals surface area contributed by atoms with Crippen LogP contribution in [-0.4, -0.2) is 30.8 Å². The Labute approximate surface area is 177 Å². The minimum atomic E-state index is -0.331. The summed E-state index contributed by atoms with van der Waals surface area (Å²) in [4.78, 5) is 22.1. The average Bonchev–Trinajstić information content (AvgIpc) is 3.47. The van der Waals surface area contributed by atoms with Crippen molar-refractivity contribution in [1.82, 2.24) is 24.9 Å². The van der Waals surface area contributed by atoms with Gasteiger partial charge in [0.1, 0.15) is 17.2 Å². The number of anilines is 1. The molecule has 5 aromatic rings. The summed E-state index contributed by atoms with van der Waals surface area (Å²) in [7, 11) is 0. The zero-order valence-electron chi connectivity index (χ0n) is 16.7. The average molecular weight is 410 g/mol. The molecule has 0 spiro atoms. The van der Waals surface area contributed by atoms with Gasteiger partial charge in [-0.15, -0.1) is 0 Å². The van der Waals surface area contributed by atoms with Crippen LogP contribution < -0.4 is 5.32 Å². The second-order valence-electron chi connectivity index (χ2n) is 6.86. The topological polar surface area (TPSA) is 98.7 Å². The van der Waals surface area contributed by atoms with Crippen molar-refractivity contribution in [3.8, 4) is 22.6 Å². The Bertz CT molecular complexity index is 1360. The molecule has 5 rings (SSSR count). The number of carbonyl (C=O) groups is 1. The van der Waals surface area contributed by atoms with Crippen LogP contribution in [0.3, 0.4) is 0 Å². The molecule has 0 aliphatic carbocycles. The van der Waals surface area contributed by atoms with Crippen LogP contribution in [-0.2, 0) is 6.54 Å². The number of amides is 1. The first kappa shape index (κ1) is 18.7. The molecule has 0 unspecified atom stereocenters. The van der Waals surface area contributed by atoms with Gasteiger partial charge in [0, 0.05) is 24.5 Å². The Morgan fingerprint density at radius 3 is 2.65 bits per heavy atom. The summed E-state index contributed by atoms with van der Waals surface area (Å²) < 4.78 is 7.34. The van der Waals surface area contributed by atoms with Crippen LogP contribution in [0, 0.1) is 0 Å². The van der Waals surface area contributed by atoms with Crippen LogP contribution in [0.15, 0.2) is 77.6 Å². The van der Waals surface area contributed by atoms with Gasteiger partial charge in [-0.05, 0) is 31.2 Å². The largest absolute Gasteiger partial charge is 0.335 e. The van der Waals surface area contributed by atoms with E-state index in [1.807, 2.05) is 55.6 Å². The minimum Gasteiger partial charge on any atom is -0.335 e. The third-order valence-corrected chi connectivity index (χ3v) is 4.87. The first-order valence-corrected chi connectivity index (χ1v) is 9.85. The summed E-state index contributed by atoms with van der Waals surface area (Å²) in [6.07, 6.45) is 3.49. The minimum absolute atomic E-state index is 0.272. The van der Waals surface area contributed by atoms with E-state index in [0.717, 1.165) is 12.1 Å². The molecule has 4 heterocycles. The molecule has 0 atom stereocenters. The summed E-state index contributed by atoms with van der Waals surface area (Å²) >= 11 is 0. The van der Waals surface area contributed by atoms with Gasteiger partial charge in [0.15, 0.2) is 0 Å². The fourth-order valence-electron chi connectivity index (χ4n) is 3.35. The van der Waals surface area contributed by atoms with Crippen LogP contribution in [0.4, 0.5) is 5.82 Å². The first-order chi connectivity index (χ1) is 15.2. The fraction of sp³-hybridized carbons (Fsp3) is 0.0870. The maximum Gasteiger partial charge on any atom is 0.259 e. The zero-order valence-corrected chi connectivity index (χ0v) is 16.7. The van der Waals surface area contributed by atoms with Crippen molar-refractivity contribution in [2.45, 2.75) is 13.5 Å². The van der Waals surface area contributed by atoms with Crippen LogP contribution in [0.25, 0.3) is 33.7 Å². The Balaban J connectivity index is 1.68. The standard InChI is InChI=1S/C23H18N6O2/c1-2-29-13-11-17(27-29)18-14-16(22(30)26-19-10-6-7-12-24-19)20-21(28-31-23(20)25-18)15-8-4-3-5-9-15/h3-14H,2H2,1H3,(H,24,26,30). The Morgan fingerprint density at radius 2 is 1.90 bits per heavy atom. The van der Waals surface area contributed by atoms with Crippen LogP contribution in [0.2, 0.25) is 0 Å². The third-order valence-electron chi connectivity index (χ3n) is 4.87. The normalized spacial score (nSPS) is 11.0. The zero-order chi connectivity index (χ0) is 21.2. The predicted octanol–water partition coefficient (Wildman–Crippen LogP) is 4.42. The molecule has 8 heteroatoms. The van der Waals surface area contributed by atoms with E-state index in [9.17, 15) is 4.79 Å². The lowest BCUT2D eigenvalue weighted by Gasteiger charge is -2.07. The smallest absolute Gasteiger partial charge is 0.259 e. The van der Waals surface area contributed by atoms with E-state index in [1.165, 1.54) is 0 Å². The van der Waals surface area contributed by atoms with Gasteiger partial charge in [0.05, 0.1) is 16.6 Å². The van der Waals surface area contributed by atoms with Gasteiger partial charge >= 0.3 is 0 Å². The van der Waals surface area contributed by atoms with E-state index in [-0.39, 0.29) is 11.6 Å². The van der Waals surface area contributed by atoms with Crippen molar-refractivity contribution in [1.29, 1.82) is 0 Å². The molecule has 1 N–H and O–H groups in total. The molecule has 0 saturated carbocycles. The molecule has 1 aromatic carbocycles. The van der Waals surface area contributed by atoms with Gasteiger partial charge in [-0.1, -0.05) is 41.6 Å². The van der Waals surface area contributed by atoms with Gasteiger partial charge in [0.2, 0.25) is 0 Å². The number of hydrogen-bond donors (Lipinski definition) is 1. The third kappa shape index (κ3) is 3.55. The highest BCUT2D eigenvalue weighted by Gasteiger charge is 2.23. The molecular weight excluding hydrogens is 392 g/mol. The molecule has 0 radical (unpaired) electrons. The monoisotopic (exact) mass is 410 g/mol. The van der Waals surface area contributed by atoms with Crippen molar-refractivity contribution in [2.75, 3.05) is 5.32 Å². The SMILES string of the molecule is CCn1ccc(-c2cc(C(=O)Nc3ccccn3)c3c(-c4ccccc4)noc3n2)n1. The number of benzene rings is 1. The Hall–Kier alpha value is -4.33. The van der Waals surface area contributed by atoms with Gasteiger partial charge in [-0.25, -0.2) is 9.97 Å². The van der Waals surface area contributed by atoms with Crippen molar-refractivity contribution in [3.05, 3.63) is 78.6 Å². The number of carbonyl (C=O) groups excluding carboxylic acids is 1. The van der Waals surface area contributed by atoms with E-state index < -0.39 is 0 Å². The molecule has 0 aliphatic rings. The number of aromatic nitrogens is 5. The van der Waals surface area contributed by atoms with Crippen LogP contribution in [0.1, 0.15) is 17.3 Å². The quantitative estimate of drug-likeness (QED) is 0.460. The molecule has 0 aliphatic heterocycles. The number of nitrogens with one attached hydrogen (secondary N) is 1. The van der Waals surface area contributed by atoms with E-state index >= 15 is 0 Å². The summed E-state index contributed by atoms with van der Waals surface area (Å²) in [6.45, 7) is 2.73. The second-order valence-corrected chi connectivity index (χ2v) is 6.86. The number of hydrogen-bond acceptors (Lipinski definition) is 6. The van der Waals surface area contributed by atoms with E-state index in [0.29, 0.717) is 33.8 Å². The highest BCUT2D eigenvalue weighted by molar-refractivity contribution is 6.15. The highest BCUT2D eigenvalue weighted by atomic mass is 16.5. The summed E-state index contributed by atoms with van der Waals surface area (Å²) in [6, 6.07) is 18.4. The van der Waals surface area contributed by atoms with Crippen molar-refractivity contribution in [2.24, 2.45) is 0 Å². The Morgan fingerprint density at radius 1 is 1.06 bits per heavy atom. The molecule has 8 nitrogen and oxygen atoms in total. The molecule has 0 fully saturated rings. The number of rotatable bonds is 5. The van der Waals surface area contributed by atoms with Crippen molar-refractivity contribution >= 4 is 22.8 Å². The van der Waals surface area contributed by atoms with E-state index in [4.69, 9.17) is 4.52 Å². The van der Waals surface area contributed by atoms with Gasteiger partial charge in [-0.2, -0.15) is 5.10 Å². The number of nitrogens with zero attached hydrogens (tertiary/aromatic N) is 5. The lowest BCUT2D eigenvalue weighted by molar-refractivity contribution is 0.102. The van der Waals surface area contributed by atoms with Gasteiger partial charge in [0.25, 0.3) is 11.6 Å². The number of fused-ring (bicyclic) bond motifs is 1. The van der Waals surface area contributed by atoms with Crippen molar-refractivity contribution in [3.63, 3.8) is 0 Å². The summed E-state index contributed by atoms with van der Waals surface area (Å²) in [5.74, 6) is 0.120. The van der Waals surface area contributed by atoms with Gasteiger partial charge < -0.3 is 9.84 Å². The van der Waals surface area contributed by atoms with Crippen molar-refractivity contribution < 1.29 is 9.32 Å². The Kier molecular flexibility index (Phi) is 4.72. The lowest BCUT2D eigenvalue weighted by atomic mass is 10.0. The van der Waals surface area contributed by atoms with E-state index in [1.54, 1.807) is 29.1 Å². The van der Waals surface area contributed by atoms with Gasteiger partial charge in [-0.3, -0.25) is 9.48 Å². The summed E-state index contributed by atoms with van der Waals surface area (Å²) in [5, 5.41) is 12.1. The highest BCUT2D eigenvalue weighted by Crippen LogP contribution is 2.32. The van der Waals surface area contributed by atoms with Crippen LogP contribution >= 0.6 is 0 Å². The molecule has 0 saturated heterocycles. The maximum atomic E-state index is 13.3. The molecule has 1 amide bonds. The molecule has 4 aromatic heterocycles. The molecule has 31 heavy (non-hydrogen) atoms. The second kappa shape index (κ2) is 7.83. The van der Waals surface area contributed by atoms with E-state index in [2.05, 4.69) is 25.5 Å². The molecule has 152 valence electrons. The molecular formula is C23H18N6O2. The lowest BCUT2D eigenvalue weighted by Crippen LogP contribution is -2.14. The molecule has 0 bridgehead atoms. The fourth-order valence-corrected chi connectivity index (χ4v) is 3.35. The summed E-state index contributed by atoms with van der Waals surface area (Å²) in [5.41, 5.74) is 3.22. The predicted molar refractivity (Wildman–Crippen MR) is 116 cm³/mol. The van der Waals surface area contributed by atoms with Crippen LogP contribution in [0.5, 0.6) is 0 Å².